The van der Waals surface area contributed by atoms with Crippen molar-refractivity contribution in [3.63, 3.8) is 0 Å². The topological polar surface area (TPSA) is 59.3 Å². The number of aryl methyl sites for hydroxylation is 3. The minimum absolute atomic E-state index is 0.0783. The van der Waals surface area contributed by atoms with Crippen LogP contribution in [0.15, 0.2) is 74.3 Å². The number of hydrogen-bond acceptors (Lipinski definition) is 3. The predicted octanol–water partition coefficient (Wildman–Crippen LogP) is 6.40. The van der Waals surface area contributed by atoms with Gasteiger partial charge < -0.3 is 9.73 Å². The molecule has 0 spiro atoms. The molecule has 0 atom stereocenters. The number of anilines is 1. The number of rotatable bonds is 3. The highest BCUT2D eigenvalue weighted by molar-refractivity contribution is 9.10. The molecule has 30 heavy (non-hydrogen) atoms. The first-order valence-electron chi connectivity index (χ1n) is 9.55. The molecule has 1 N–H and O–H groups in total. The van der Waals surface area contributed by atoms with E-state index in [2.05, 4.69) is 21.2 Å². The van der Waals surface area contributed by atoms with Gasteiger partial charge >= 0.3 is 0 Å². The Morgan fingerprint density at radius 1 is 0.900 bits per heavy atom. The van der Waals surface area contributed by atoms with Crippen molar-refractivity contribution in [2.75, 3.05) is 5.32 Å². The maximum absolute atomic E-state index is 12.6. The summed E-state index contributed by atoms with van der Waals surface area (Å²) in [5.74, 6) is 0.282. The van der Waals surface area contributed by atoms with Crippen molar-refractivity contribution < 1.29 is 9.21 Å². The molecule has 1 amide bonds. The van der Waals surface area contributed by atoms with Crippen LogP contribution in [0.5, 0.6) is 0 Å². The molecular formula is C25H20BrNO3. The largest absolute Gasteiger partial charge is 0.456 e. The lowest BCUT2D eigenvalue weighted by molar-refractivity contribution is 0.102. The Morgan fingerprint density at radius 2 is 1.63 bits per heavy atom. The minimum atomic E-state index is -0.199. The molecule has 0 aliphatic rings. The number of fused-ring (bicyclic) bond motifs is 1. The van der Waals surface area contributed by atoms with Crippen LogP contribution in [0.25, 0.3) is 22.3 Å². The number of amides is 1. The van der Waals surface area contributed by atoms with Crippen molar-refractivity contribution in [3.8, 4) is 11.3 Å². The SMILES string of the molecule is Cc1cc(C)c2oc(-c3ccc(C(=O)Nc4ccc(Br)c(C)c4)cc3)cc(=O)c2c1. The van der Waals surface area contributed by atoms with Crippen molar-refractivity contribution >= 4 is 38.5 Å². The number of hydrogen-bond donors (Lipinski definition) is 1. The molecule has 0 aliphatic heterocycles. The molecule has 0 unspecified atom stereocenters. The molecule has 150 valence electrons. The molecule has 4 nitrogen and oxygen atoms in total. The maximum atomic E-state index is 12.6. The van der Waals surface area contributed by atoms with E-state index in [1.807, 2.05) is 51.1 Å². The molecule has 3 aromatic carbocycles. The first kappa shape index (κ1) is 20.1. The van der Waals surface area contributed by atoms with Crippen LogP contribution in [0.4, 0.5) is 5.69 Å². The van der Waals surface area contributed by atoms with E-state index < -0.39 is 0 Å². The molecule has 0 bridgehead atoms. The molecule has 0 fully saturated rings. The molecule has 4 rings (SSSR count). The second kappa shape index (κ2) is 7.92. The van der Waals surface area contributed by atoms with Crippen LogP contribution in [0.1, 0.15) is 27.0 Å². The first-order valence-corrected chi connectivity index (χ1v) is 10.3. The van der Waals surface area contributed by atoms with Crippen LogP contribution < -0.4 is 10.7 Å². The Kier molecular flexibility index (Phi) is 5.31. The lowest BCUT2D eigenvalue weighted by atomic mass is 10.1. The minimum Gasteiger partial charge on any atom is -0.456 e. The van der Waals surface area contributed by atoms with E-state index >= 15 is 0 Å². The van der Waals surface area contributed by atoms with Crippen LogP contribution in [0.2, 0.25) is 0 Å². The van der Waals surface area contributed by atoms with Gasteiger partial charge in [-0.25, -0.2) is 0 Å². The van der Waals surface area contributed by atoms with Gasteiger partial charge in [-0.05, 0) is 73.9 Å². The lowest BCUT2D eigenvalue weighted by Crippen LogP contribution is -2.11. The Balaban J connectivity index is 1.62. The highest BCUT2D eigenvalue weighted by Crippen LogP contribution is 2.26. The summed E-state index contributed by atoms with van der Waals surface area (Å²) in [6.45, 7) is 5.85. The Labute approximate surface area is 182 Å². The molecule has 4 aromatic rings. The zero-order chi connectivity index (χ0) is 21.4. The summed E-state index contributed by atoms with van der Waals surface area (Å²) >= 11 is 3.45. The molecule has 0 radical (unpaired) electrons. The zero-order valence-corrected chi connectivity index (χ0v) is 18.5. The highest BCUT2D eigenvalue weighted by Gasteiger charge is 2.12. The van der Waals surface area contributed by atoms with Gasteiger partial charge in [-0.2, -0.15) is 0 Å². The smallest absolute Gasteiger partial charge is 0.255 e. The highest BCUT2D eigenvalue weighted by atomic mass is 79.9. The van der Waals surface area contributed by atoms with Gasteiger partial charge in [0, 0.05) is 27.4 Å². The van der Waals surface area contributed by atoms with E-state index in [0.717, 1.165) is 32.4 Å². The van der Waals surface area contributed by atoms with E-state index in [0.29, 0.717) is 22.3 Å². The van der Waals surface area contributed by atoms with Crippen LogP contribution in [0, 0.1) is 20.8 Å². The summed E-state index contributed by atoms with van der Waals surface area (Å²) in [5, 5.41) is 3.48. The number of carbonyl (C=O) groups excluding carboxylic acids is 1. The second-order valence-corrected chi connectivity index (χ2v) is 8.28. The third-order valence-electron chi connectivity index (χ3n) is 5.01. The lowest BCUT2D eigenvalue weighted by Gasteiger charge is -2.09. The quantitative estimate of drug-likeness (QED) is 0.383. The Bertz CT molecular complexity index is 1340. The van der Waals surface area contributed by atoms with Gasteiger partial charge in [-0.3, -0.25) is 9.59 Å². The molecular weight excluding hydrogens is 442 g/mol. The van der Waals surface area contributed by atoms with Crippen LogP contribution in [-0.4, -0.2) is 5.91 Å². The molecule has 0 saturated carbocycles. The van der Waals surface area contributed by atoms with Crippen LogP contribution in [0.3, 0.4) is 0 Å². The van der Waals surface area contributed by atoms with Gasteiger partial charge in [-0.1, -0.05) is 34.1 Å². The van der Waals surface area contributed by atoms with Gasteiger partial charge in [0.25, 0.3) is 5.91 Å². The number of nitrogens with one attached hydrogen (secondary N) is 1. The Hall–Kier alpha value is -3.18. The van der Waals surface area contributed by atoms with E-state index in [1.54, 1.807) is 24.3 Å². The van der Waals surface area contributed by atoms with Gasteiger partial charge in [0.05, 0.1) is 5.39 Å². The van der Waals surface area contributed by atoms with Crippen LogP contribution >= 0.6 is 15.9 Å². The van der Waals surface area contributed by atoms with Crippen molar-refractivity contribution in [1.29, 1.82) is 0 Å². The zero-order valence-electron chi connectivity index (χ0n) is 16.9. The molecule has 1 aromatic heterocycles. The van der Waals surface area contributed by atoms with Crippen LogP contribution in [-0.2, 0) is 0 Å². The van der Waals surface area contributed by atoms with Crippen molar-refractivity contribution in [2.45, 2.75) is 20.8 Å². The average Bonchev–Trinajstić information content (AvgIpc) is 2.71. The summed E-state index contributed by atoms with van der Waals surface area (Å²) in [6.07, 6.45) is 0. The third kappa shape index (κ3) is 3.94. The van der Waals surface area contributed by atoms with E-state index in [9.17, 15) is 9.59 Å². The van der Waals surface area contributed by atoms with Gasteiger partial charge in [0.2, 0.25) is 0 Å². The summed E-state index contributed by atoms with van der Waals surface area (Å²) in [6, 6.07) is 18.0. The standard InChI is InChI=1S/C25H20BrNO3/c1-14-10-16(3)24-20(11-14)22(28)13-23(30-24)17-4-6-18(7-5-17)25(29)27-19-8-9-21(26)15(2)12-19/h4-13H,1-3H3,(H,27,29). The first-order chi connectivity index (χ1) is 14.3. The fourth-order valence-corrected chi connectivity index (χ4v) is 3.71. The number of halogens is 1. The van der Waals surface area contributed by atoms with Gasteiger partial charge in [0.15, 0.2) is 5.43 Å². The third-order valence-corrected chi connectivity index (χ3v) is 5.90. The van der Waals surface area contributed by atoms with Crippen molar-refractivity contribution in [2.24, 2.45) is 0 Å². The molecule has 1 heterocycles. The molecule has 0 aliphatic carbocycles. The number of carbonyl (C=O) groups is 1. The maximum Gasteiger partial charge on any atom is 0.255 e. The Morgan fingerprint density at radius 3 is 2.33 bits per heavy atom. The van der Waals surface area contributed by atoms with E-state index in [-0.39, 0.29) is 11.3 Å². The van der Waals surface area contributed by atoms with Crippen molar-refractivity contribution in [1.82, 2.24) is 0 Å². The van der Waals surface area contributed by atoms with Gasteiger partial charge in [-0.15, -0.1) is 0 Å². The number of benzene rings is 3. The fraction of sp³-hybridized carbons (Fsp3) is 0.120. The van der Waals surface area contributed by atoms with E-state index in [1.165, 1.54) is 6.07 Å². The van der Waals surface area contributed by atoms with Gasteiger partial charge in [0.1, 0.15) is 11.3 Å². The monoisotopic (exact) mass is 461 g/mol. The summed E-state index contributed by atoms with van der Waals surface area (Å²) in [7, 11) is 0. The molecule has 0 saturated heterocycles. The summed E-state index contributed by atoms with van der Waals surface area (Å²) in [5.41, 5.74) is 5.50. The summed E-state index contributed by atoms with van der Waals surface area (Å²) in [4.78, 5) is 25.1. The fourth-order valence-electron chi connectivity index (χ4n) is 3.46. The van der Waals surface area contributed by atoms with E-state index in [4.69, 9.17) is 4.42 Å². The predicted molar refractivity (Wildman–Crippen MR) is 124 cm³/mol. The molecule has 5 heteroatoms. The summed E-state index contributed by atoms with van der Waals surface area (Å²) < 4.78 is 7.02. The second-order valence-electron chi connectivity index (χ2n) is 7.43. The average molecular weight is 462 g/mol. The van der Waals surface area contributed by atoms with Crippen molar-refractivity contribution in [3.05, 3.63) is 97.6 Å². The normalized spacial score (nSPS) is 10.9.